The third-order valence-electron chi connectivity index (χ3n) is 4.55. The van der Waals surface area contributed by atoms with Gasteiger partial charge in [0.25, 0.3) is 0 Å². The van der Waals surface area contributed by atoms with Crippen LogP contribution in [0.15, 0.2) is 18.2 Å². The van der Waals surface area contributed by atoms with Crippen molar-refractivity contribution in [2.45, 2.75) is 45.6 Å². The highest BCUT2D eigenvalue weighted by Gasteiger charge is 2.23. The molecule has 1 N–H and O–H groups in total. The number of fused-ring (bicyclic) bond motifs is 1. The summed E-state index contributed by atoms with van der Waals surface area (Å²) in [6, 6.07) is 7.74. The van der Waals surface area contributed by atoms with Gasteiger partial charge < -0.3 is 10.2 Å². The molecule has 2 heteroatoms. The van der Waals surface area contributed by atoms with Crippen molar-refractivity contribution in [1.29, 1.82) is 0 Å². The number of anilines is 1. The van der Waals surface area contributed by atoms with Gasteiger partial charge in [0.2, 0.25) is 0 Å². The van der Waals surface area contributed by atoms with E-state index in [0.29, 0.717) is 6.04 Å². The van der Waals surface area contributed by atoms with Crippen LogP contribution in [-0.2, 0) is 12.8 Å². The predicted molar refractivity (Wildman–Crippen MR) is 81.9 cm³/mol. The highest BCUT2D eigenvalue weighted by molar-refractivity contribution is 5.53. The van der Waals surface area contributed by atoms with E-state index in [2.05, 4.69) is 42.3 Å². The van der Waals surface area contributed by atoms with Crippen molar-refractivity contribution < 1.29 is 0 Å². The van der Waals surface area contributed by atoms with Crippen LogP contribution in [0.5, 0.6) is 0 Å². The minimum absolute atomic E-state index is 0.606. The lowest BCUT2D eigenvalue weighted by atomic mass is 10.1. The molecule has 1 heterocycles. The molecule has 1 aromatic carbocycles. The van der Waals surface area contributed by atoms with Crippen LogP contribution in [0.3, 0.4) is 0 Å². The van der Waals surface area contributed by atoms with Crippen molar-refractivity contribution in [1.82, 2.24) is 5.32 Å². The van der Waals surface area contributed by atoms with Gasteiger partial charge in [-0.2, -0.15) is 0 Å². The summed E-state index contributed by atoms with van der Waals surface area (Å²) in [6.07, 6.45) is 5.25. The monoisotopic (exact) mass is 258 g/mol. The number of hydrogen-bond acceptors (Lipinski definition) is 2. The molecule has 2 aliphatic rings. The summed E-state index contributed by atoms with van der Waals surface area (Å²) in [5.74, 6) is 0.815. The third-order valence-corrected chi connectivity index (χ3v) is 4.55. The Bertz CT molecular complexity index is 439. The fraction of sp³-hybridized carbons (Fsp3) is 0.647. The summed E-state index contributed by atoms with van der Waals surface area (Å²) < 4.78 is 0. The molecule has 0 bridgehead atoms. The number of nitrogens with zero attached hydrogens (tertiary/aromatic N) is 1. The first-order valence-electron chi connectivity index (χ1n) is 7.82. The molecule has 2 nitrogen and oxygen atoms in total. The maximum Gasteiger partial charge on any atom is 0.0369 e. The second-order valence-corrected chi connectivity index (χ2v) is 6.47. The van der Waals surface area contributed by atoms with Crippen LogP contribution in [-0.4, -0.2) is 25.7 Å². The fourth-order valence-corrected chi connectivity index (χ4v) is 3.39. The van der Waals surface area contributed by atoms with Gasteiger partial charge in [-0.25, -0.2) is 0 Å². The number of hydrogen-bond donors (Lipinski definition) is 1. The molecule has 0 aromatic heterocycles. The molecule has 0 radical (unpaired) electrons. The van der Waals surface area contributed by atoms with E-state index in [4.69, 9.17) is 0 Å². The molecule has 0 amide bonds. The lowest BCUT2D eigenvalue weighted by Crippen LogP contribution is -2.30. The van der Waals surface area contributed by atoms with E-state index in [0.717, 1.165) is 5.92 Å². The molecule has 0 saturated carbocycles. The fourth-order valence-electron chi connectivity index (χ4n) is 3.39. The minimum atomic E-state index is 0.606. The highest BCUT2D eigenvalue weighted by atomic mass is 15.2. The normalized spacial score (nSPS) is 22.3. The van der Waals surface area contributed by atoms with E-state index < -0.39 is 0 Å². The zero-order valence-electron chi connectivity index (χ0n) is 12.3. The van der Waals surface area contributed by atoms with Gasteiger partial charge in [0.1, 0.15) is 0 Å². The van der Waals surface area contributed by atoms with E-state index in [9.17, 15) is 0 Å². The quantitative estimate of drug-likeness (QED) is 0.893. The average molecular weight is 258 g/mol. The molecule has 1 aliphatic carbocycles. The van der Waals surface area contributed by atoms with Crippen molar-refractivity contribution in [3.8, 4) is 0 Å². The first-order valence-corrected chi connectivity index (χ1v) is 7.82. The molecular formula is C17H26N2. The zero-order chi connectivity index (χ0) is 13.2. The molecule has 1 fully saturated rings. The van der Waals surface area contributed by atoms with Crippen molar-refractivity contribution >= 4 is 5.69 Å². The Morgan fingerprint density at radius 3 is 2.95 bits per heavy atom. The molecule has 0 spiro atoms. The lowest BCUT2D eigenvalue weighted by Gasteiger charge is -2.20. The van der Waals surface area contributed by atoms with Gasteiger partial charge in [0.05, 0.1) is 0 Å². The van der Waals surface area contributed by atoms with Gasteiger partial charge in [0, 0.05) is 24.8 Å². The number of rotatable bonds is 4. The van der Waals surface area contributed by atoms with Crippen molar-refractivity contribution in [3.05, 3.63) is 29.3 Å². The molecule has 1 saturated heterocycles. The zero-order valence-corrected chi connectivity index (χ0v) is 12.3. The number of nitrogens with one attached hydrogen (secondary N) is 1. The van der Waals surface area contributed by atoms with Gasteiger partial charge in [-0.1, -0.05) is 19.9 Å². The first-order chi connectivity index (χ1) is 9.22. The van der Waals surface area contributed by atoms with Crippen molar-refractivity contribution in [3.63, 3.8) is 0 Å². The van der Waals surface area contributed by atoms with E-state index in [-0.39, 0.29) is 0 Å². The van der Waals surface area contributed by atoms with Gasteiger partial charge in [0.15, 0.2) is 0 Å². The Kier molecular flexibility index (Phi) is 3.79. The van der Waals surface area contributed by atoms with Crippen LogP contribution < -0.4 is 10.2 Å². The molecular weight excluding hydrogens is 232 g/mol. The van der Waals surface area contributed by atoms with Crippen LogP contribution in [0, 0.1) is 5.92 Å². The average Bonchev–Trinajstić information content (AvgIpc) is 3.04. The van der Waals surface area contributed by atoms with Crippen LogP contribution in [0.1, 0.15) is 37.8 Å². The Morgan fingerprint density at radius 1 is 1.26 bits per heavy atom. The van der Waals surface area contributed by atoms with Crippen LogP contribution in [0.25, 0.3) is 0 Å². The maximum atomic E-state index is 3.57. The van der Waals surface area contributed by atoms with Crippen molar-refractivity contribution in [2.75, 3.05) is 24.5 Å². The topological polar surface area (TPSA) is 15.3 Å². The Labute approximate surface area is 117 Å². The van der Waals surface area contributed by atoms with E-state index >= 15 is 0 Å². The summed E-state index contributed by atoms with van der Waals surface area (Å²) in [4.78, 5) is 2.57. The second kappa shape index (κ2) is 5.54. The third kappa shape index (κ3) is 2.94. The maximum absolute atomic E-state index is 3.57. The lowest BCUT2D eigenvalue weighted by molar-refractivity contribution is 0.480. The summed E-state index contributed by atoms with van der Waals surface area (Å²) >= 11 is 0. The molecule has 1 aromatic rings. The van der Waals surface area contributed by atoms with Crippen molar-refractivity contribution in [2.24, 2.45) is 5.92 Å². The number of benzene rings is 1. The predicted octanol–water partition coefficient (Wildman–Crippen LogP) is 3.00. The summed E-state index contributed by atoms with van der Waals surface area (Å²) in [6.45, 7) is 8.07. The Balaban J connectivity index is 1.61. The van der Waals surface area contributed by atoms with Crippen LogP contribution in [0.2, 0.25) is 0 Å². The summed E-state index contributed by atoms with van der Waals surface area (Å²) in [5, 5.41) is 3.57. The van der Waals surface area contributed by atoms with E-state index in [1.54, 1.807) is 11.1 Å². The first kappa shape index (κ1) is 13.0. The van der Waals surface area contributed by atoms with E-state index in [1.165, 1.54) is 51.0 Å². The standard InChI is InChI=1S/C17H26N2/c1-13(2)18-11-14-8-9-19(12-14)17-7-6-15-4-3-5-16(15)10-17/h6-7,10,13-14,18H,3-5,8-9,11-12H2,1-2H3. The van der Waals surface area contributed by atoms with Crippen LogP contribution >= 0.6 is 0 Å². The minimum Gasteiger partial charge on any atom is -0.371 e. The summed E-state index contributed by atoms with van der Waals surface area (Å²) in [5.41, 5.74) is 4.63. The van der Waals surface area contributed by atoms with Gasteiger partial charge in [-0.15, -0.1) is 0 Å². The Morgan fingerprint density at radius 2 is 2.11 bits per heavy atom. The van der Waals surface area contributed by atoms with E-state index in [1.807, 2.05) is 0 Å². The van der Waals surface area contributed by atoms with Gasteiger partial charge in [-0.3, -0.25) is 0 Å². The molecule has 19 heavy (non-hydrogen) atoms. The molecule has 104 valence electrons. The van der Waals surface area contributed by atoms with Gasteiger partial charge >= 0.3 is 0 Å². The Hall–Kier alpha value is -1.02. The highest BCUT2D eigenvalue weighted by Crippen LogP contribution is 2.29. The molecule has 1 unspecified atom stereocenters. The van der Waals surface area contributed by atoms with Gasteiger partial charge in [-0.05, 0) is 61.4 Å². The smallest absolute Gasteiger partial charge is 0.0369 e. The molecule has 1 aliphatic heterocycles. The number of aryl methyl sites for hydroxylation is 2. The van der Waals surface area contributed by atoms with Crippen LogP contribution in [0.4, 0.5) is 5.69 Å². The second-order valence-electron chi connectivity index (χ2n) is 6.47. The summed E-state index contributed by atoms with van der Waals surface area (Å²) in [7, 11) is 0. The molecule has 1 atom stereocenters. The largest absolute Gasteiger partial charge is 0.371 e. The SMILES string of the molecule is CC(C)NCC1CCN(c2ccc3c(c2)CCC3)C1. The molecule has 3 rings (SSSR count).